The molecule has 0 bridgehead atoms. The molecule has 1 aromatic heterocycles. The lowest BCUT2D eigenvalue weighted by molar-refractivity contribution is 0.102. The largest absolute Gasteiger partial charge is 0.494 e. The van der Waals surface area contributed by atoms with Gasteiger partial charge in [-0.2, -0.15) is 0 Å². The highest BCUT2D eigenvalue weighted by Crippen LogP contribution is 2.39. The molecule has 1 saturated carbocycles. The number of carbonyl (C=O) groups excluding carboxylic acids is 1. The second kappa shape index (κ2) is 9.91. The van der Waals surface area contributed by atoms with Crippen molar-refractivity contribution in [3.8, 4) is 16.9 Å². The minimum Gasteiger partial charge on any atom is -0.494 e. The van der Waals surface area contributed by atoms with Crippen LogP contribution in [0.3, 0.4) is 0 Å². The summed E-state index contributed by atoms with van der Waals surface area (Å²) in [5, 5.41) is 3.53. The van der Waals surface area contributed by atoms with Crippen molar-refractivity contribution in [3.63, 3.8) is 0 Å². The van der Waals surface area contributed by atoms with Crippen LogP contribution in [0.25, 0.3) is 21.3 Å². The highest BCUT2D eigenvalue weighted by atomic mass is 35.5. The molecule has 1 aliphatic carbocycles. The molecule has 1 fully saturated rings. The highest BCUT2D eigenvalue weighted by molar-refractivity contribution is 7.23. The Balaban J connectivity index is 0.00000259. The summed E-state index contributed by atoms with van der Waals surface area (Å²) in [6.45, 7) is 0.909. The highest BCUT2D eigenvalue weighted by Gasteiger charge is 2.25. The van der Waals surface area contributed by atoms with Crippen LogP contribution in [0.15, 0.2) is 66.7 Å². The fourth-order valence-corrected chi connectivity index (χ4v) is 4.92. The summed E-state index contributed by atoms with van der Waals surface area (Å²) in [6.07, 6.45) is 2.58. The van der Waals surface area contributed by atoms with Gasteiger partial charge in [-0.15, -0.1) is 12.4 Å². The van der Waals surface area contributed by atoms with Gasteiger partial charge in [-0.1, -0.05) is 53.8 Å². The molecule has 4 aromatic rings. The van der Waals surface area contributed by atoms with Gasteiger partial charge in [-0.3, -0.25) is 15.0 Å². The van der Waals surface area contributed by atoms with Crippen LogP contribution in [0.4, 0.5) is 5.13 Å². The molecule has 5 rings (SSSR count). The Morgan fingerprint density at radius 1 is 1.09 bits per heavy atom. The smallest absolute Gasteiger partial charge is 0.257 e. The zero-order chi connectivity index (χ0) is 22.1. The van der Waals surface area contributed by atoms with Gasteiger partial charge in [-0.05, 0) is 55.3 Å². The van der Waals surface area contributed by atoms with Gasteiger partial charge in [0.15, 0.2) is 5.13 Å². The zero-order valence-corrected chi connectivity index (χ0v) is 20.2. The Morgan fingerprint density at radius 2 is 1.82 bits per heavy atom. The molecule has 0 saturated heterocycles. The molecule has 1 amide bonds. The molecule has 0 radical (unpaired) electrons. The number of fused-ring (bicyclic) bond motifs is 1. The van der Waals surface area contributed by atoms with E-state index >= 15 is 0 Å². The third kappa shape index (κ3) is 5.03. The number of amides is 1. The van der Waals surface area contributed by atoms with E-state index in [-0.39, 0.29) is 18.3 Å². The molecule has 1 N–H and O–H groups in total. The standard InChI is InChI=1S/C26H25N3O2S.ClH/c1-29(20-12-13-20)16-17-8-10-19(11-9-17)25(30)28-26-27-23-22(31-2)15-14-21(24(23)32-26)18-6-4-3-5-7-18;/h3-11,14-15,20H,12-13,16H2,1-2H3,(H,27,28,30);1H. The van der Waals surface area contributed by atoms with Crippen molar-refractivity contribution in [1.82, 2.24) is 9.88 Å². The van der Waals surface area contributed by atoms with E-state index in [1.54, 1.807) is 7.11 Å². The molecule has 3 aromatic carbocycles. The fourth-order valence-electron chi connectivity index (χ4n) is 3.91. The Labute approximate surface area is 203 Å². The molecule has 0 atom stereocenters. The molecule has 5 nitrogen and oxygen atoms in total. The Hall–Kier alpha value is -2.93. The number of carbonyl (C=O) groups is 1. The molecular weight excluding hydrogens is 454 g/mol. The van der Waals surface area contributed by atoms with Crippen LogP contribution in [0.2, 0.25) is 0 Å². The van der Waals surface area contributed by atoms with Crippen molar-refractivity contribution < 1.29 is 9.53 Å². The molecule has 0 spiro atoms. The SMILES string of the molecule is COc1ccc(-c2ccccc2)c2sc(NC(=O)c3ccc(CN(C)C4CC4)cc3)nc12.Cl. The number of ether oxygens (including phenoxy) is 1. The lowest BCUT2D eigenvalue weighted by Crippen LogP contribution is -2.20. The lowest BCUT2D eigenvalue weighted by atomic mass is 10.1. The Morgan fingerprint density at radius 3 is 2.48 bits per heavy atom. The molecule has 7 heteroatoms. The number of thiazole rings is 1. The predicted octanol–water partition coefficient (Wildman–Crippen LogP) is 6.24. The number of methoxy groups -OCH3 is 1. The number of hydrogen-bond acceptors (Lipinski definition) is 5. The van der Waals surface area contributed by atoms with E-state index in [0.717, 1.165) is 33.9 Å². The average molecular weight is 480 g/mol. The lowest BCUT2D eigenvalue weighted by Gasteiger charge is -2.15. The van der Waals surface area contributed by atoms with Gasteiger partial charge in [0.2, 0.25) is 0 Å². The second-order valence-corrected chi connectivity index (χ2v) is 9.17. The van der Waals surface area contributed by atoms with Crippen LogP contribution >= 0.6 is 23.7 Å². The minimum atomic E-state index is -0.161. The first-order valence-electron chi connectivity index (χ1n) is 10.8. The van der Waals surface area contributed by atoms with Crippen molar-refractivity contribution in [3.05, 3.63) is 77.9 Å². The molecular formula is C26H26ClN3O2S. The summed E-state index contributed by atoms with van der Waals surface area (Å²) in [7, 11) is 3.79. The van der Waals surface area contributed by atoms with Gasteiger partial charge in [-0.25, -0.2) is 4.98 Å². The van der Waals surface area contributed by atoms with E-state index < -0.39 is 0 Å². The van der Waals surface area contributed by atoms with Crippen molar-refractivity contribution in [2.24, 2.45) is 0 Å². The predicted molar refractivity (Wildman–Crippen MR) is 138 cm³/mol. The van der Waals surface area contributed by atoms with Crippen LogP contribution in [-0.4, -0.2) is 36.0 Å². The summed E-state index contributed by atoms with van der Waals surface area (Å²) in [4.78, 5) is 19.9. The quantitative estimate of drug-likeness (QED) is 0.341. The number of halogens is 1. The summed E-state index contributed by atoms with van der Waals surface area (Å²) < 4.78 is 6.50. The van der Waals surface area contributed by atoms with E-state index in [4.69, 9.17) is 4.74 Å². The number of anilines is 1. The van der Waals surface area contributed by atoms with Crippen molar-refractivity contribution >= 4 is 45.0 Å². The maximum atomic E-state index is 12.9. The third-order valence-corrected chi connectivity index (χ3v) is 6.85. The average Bonchev–Trinajstić information content (AvgIpc) is 3.59. The normalized spacial score (nSPS) is 13.1. The van der Waals surface area contributed by atoms with Crippen molar-refractivity contribution in [2.45, 2.75) is 25.4 Å². The molecule has 170 valence electrons. The third-order valence-electron chi connectivity index (χ3n) is 5.85. The van der Waals surface area contributed by atoms with Crippen molar-refractivity contribution in [2.75, 3.05) is 19.5 Å². The van der Waals surface area contributed by atoms with Crippen LogP contribution in [0.5, 0.6) is 5.75 Å². The maximum absolute atomic E-state index is 12.9. The number of benzene rings is 3. The van der Waals surface area contributed by atoms with E-state index in [2.05, 4.69) is 34.4 Å². The second-order valence-electron chi connectivity index (χ2n) is 8.18. The summed E-state index contributed by atoms with van der Waals surface area (Å²) in [6, 6.07) is 22.7. The first kappa shape index (κ1) is 23.2. The van der Waals surface area contributed by atoms with E-state index in [1.807, 2.05) is 54.6 Å². The van der Waals surface area contributed by atoms with Crippen LogP contribution in [0.1, 0.15) is 28.8 Å². The van der Waals surface area contributed by atoms with Gasteiger partial charge < -0.3 is 4.74 Å². The molecule has 0 aliphatic heterocycles. The minimum absolute atomic E-state index is 0. The van der Waals surface area contributed by atoms with E-state index in [9.17, 15) is 4.79 Å². The van der Waals surface area contributed by atoms with Crippen LogP contribution in [-0.2, 0) is 6.54 Å². The number of nitrogens with one attached hydrogen (secondary N) is 1. The molecule has 1 heterocycles. The fraction of sp³-hybridized carbons (Fsp3) is 0.231. The molecule has 1 aliphatic rings. The summed E-state index contributed by atoms with van der Waals surface area (Å²) in [5.41, 5.74) is 4.77. The maximum Gasteiger partial charge on any atom is 0.257 e. The number of nitrogens with zero attached hydrogens (tertiary/aromatic N) is 2. The summed E-state index contributed by atoms with van der Waals surface area (Å²) in [5.74, 6) is 0.534. The van der Waals surface area contributed by atoms with E-state index in [1.165, 1.54) is 29.7 Å². The number of aromatic nitrogens is 1. The monoisotopic (exact) mass is 479 g/mol. The van der Waals surface area contributed by atoms with Crippen molar-refractivity contribution in [1.29, 1.82) is 0 Å². The van der Waals surface area contributed by atoms with Gasteiger partial charge in [0, 0.05) is 23.7 Å². The number of rotatable bonds is 7. The first-order chi connectivity index (χ1) is 15.6. The zero-order valence-electron chi connectivity index (χ0n) is 18.6. The van der Waals surface area contributed by atoms with Gasteiger partial charge in [0.05, 0.1) is 11.8 Å². The van der Waals surface area contributed by atoms with Gasteiger partial charge in [0.25, 0.3) is 5.91 Å². The topological polar surface area (TPSA) is 54.5 Å². The van der Waals surface area contributed by atoms with Crippen LogP contribution < -0.4 is 10.1 Å². The number of hydrogen-bond donors (Lipinski definition) is 1. The Bertz CT molecular complexity index is 1250. The van der Waals surface area contributed by atoms with Gasteiger partial charge >= 0.3 is 0 Å². The first-order valence-corrected chi connectivity index (χ1v) is 11.6. The summed E-state index contributed by atoms with van der Waals surface area (Å²) >= 11 is 1.46. The van der Waals surface area contributed by atoms with Crippen LogP contribution in [0, 0.1) is 0 Å². The van der Waals surface area contributed by atoms with E-state index in [0.29, 0.717) is 16.4 Å². The molecule has 0 unspecified atom stereocenters. The van der Waals surface area contributed by atoms with Gasteiger partial charge in [0.1, 0.15) is 11.3 Å². The molecule has 33 heavy (non-hydrogen) atoms. The Kier molecular flexibility index (Phi) is 6.98.